The van der Waals surface area contributed by atoms with Gasteiger partial charge in [-0.1, -0.05) is 68.4 Å². The predicted molar refractivity (Wildman–Crippen MR) is 147 cm³/mol. The van der Waals surface area contributed by atoms with E-state index in [2.05, 4.69) is 10.2 Å². The largest absolute Gasteiger partial charge is 0.469 e. The SMILES string of the molecule is COC(=O)C[C@@H](CC(C)C)C(=O)NC(C(=O)N(C)CCN1CCOCC1)c1ccc(-c2ccccc2)cc1. The molecule has 2 amide bonds. The molecule has 0 radical (unpaired) electrons. The smallest absolute Gasteiger partial charge is 0.306 e. The summed E-state index contributed by atoms with van der Waals surface area (Å²) in [6.07, 6.45) is 0.489. The lowest BCUT2D eigenvalue weighted by Crippen LogP contribution is -2.46. The molecular formula is C30H41N3O5. The zero-order valence-corrected chi connectivity index (χ0v) is 23.0. The van der Waals surface area contributed by atoms with E-state index in [-0.39, 0.29) is 24.2 Å². The van der Waals surface area contributed by atoms with Crippen molar-refractivity contribution in [1.29, 1.82) is 0 Å². The number of hydrogen-bond donors (Lipinski definition) is 1. The summed E-state index contributed by atoms with van der Waals surface area (Å²) in [6, 6.07) is 16.8. The topological polar surface area (TPSA) is 88.2 Å². The molecule has 2 aromatic carbocycles. The molecule has 0 bridgehead atoms. The molecule has 38 heavy (non-hydrogen) atoms. The van der Waals surface area contributed by atoms with E-state index >= 15 is 0 Å². The molecule has 2 aromatic rings. The number of likely N-dealkylation sites (N-methyl/N-ethyl adjacent to an activating group) is 1. The summed E-state index contributed by atoms with van der Waals surface area (Å²) >= 11 is 0. The highest BCUT2D eigenvalue weighted by Crippen LogP contribution is 2.24. The second-order valence-corrected chi connectivity index (χ2v) is 10.3. The number of nitrogens with zero attached hydrogens (tertiary/aromatic N) is 2. The first kappa shape index (κ1) is 29.3. The van der Waals surface area contributed by atoms with Crippen LogP contribution in [0.3, 0.4) is 0 Å². The Labute approximate surface area is 226 Å². The average molecular weight is 524 g/mol. The van der Waals surface area contributed by atoms with Gasteiger partial charge in [0.1, 0.15) is 6.04 Å². The van der Waals surface area contributed by atoms with Gasteiger partial charge in [-0.25, -0.2) is 0 Å². The second-order valence-electron chi connectivity index (χ2n) is 10.3. The first-order valence-electron chi connectivity index (χ1n) is 13.4. The minimum absolute atomic E-state index is 0.0265. The molecule has 8 heteroatoms. The molecule has 1 N–H and O–H groups in total. The van der Waals surface area contributed by atoms with Crippen LogP contribution in [0.25, 0.3) is 11.1 Å². The van der Waals surface area contributed by atoms with Gasteiger partial charge in [-0.15, -0.1) is 0 Å². The Morgan fingerprint density at radius 3 is 2.24 bits per heavy atom. The van der Waals surface area contributed by atoms with Gasteiger partial charge in [0.2, 0.25) is 11.8 Å². The van der Waals surface area contributed by atoms with Crippen LogP contribution in [0.1, 0.15) is 38.3 Å². The molecule has 1 unspecified atom stereocenters. The summed E-state index contributed by atoms with van der Waals surface area (Å²) in [5, 5.41) is 2.97. The van der Waals surface area contributed by atoms with Crippen LogP contribution in [0.15, 0.2) is 54.6 Å². The number of hydrogen-bond acceptors (Lipinski definition) is 6. The molecular weight excluding hydrogens is 482 g/mol. The highest BCUT2D eigenvalue weighted by molar-refractivity contribution is 5.91. The van der Waals surface area contributed by atoms with Crippen molar-refractivity contribution in [3.63, 3.8) is 0 Å². The Balaban J connectivity index is 1.81. The lowest BCUT2D eigenvalue weighted by Gasteiger charge is -2.30. The first-order valence-corrected chi connectivity index (χ1v) is 13.4. The molecule has 1 heterocycles. The molecule has 3 rings (SSSR count). The van der Waals surface area contributed by atoms with Gasteiger partial charge in [0.05, 0.1) is 26.7 Å². The molecule has 0 aliphatic carbocycles. The monoisotopic (exact) mass is 523 g/mol. The zero-order valence-electron chi connectivity index (χ0n) is 23.0. The van der Waals surface area contributed by atoms with Crippen LogP contribution in [0.4, 0.5) is 0 Å². The number of methoxy groups -OCH3 is 1. The van der Waals surface area contributed by atoms with Gasteiger partial charge in [-0.05, 0) is 29.0 Å². The van der Waals surface area contributed by atoms with Crippen LogP contribution in [0.2, 0.25) is 0 Å². The molecule has 2 atom stereocenters. The molecule has 206 valence electrons. The number of carbonyl (C=O) groups is 3. The number of morpholine rings is 1. The summed E-state index contributed by atoms with van der Waals surface area (Å²) in [7, 11) is 3.08. The van der Waals surface area contributed by atoms with E-state index in [0.29, 0.717) is 31.7 Å². The molecule has 1 aliphatic heterocycles. The summed E-state index contributed by atoms with van der Waals surface area (Å²) in [5.41, 5.74) is 2.79. The maximum absolute atomic E-state index is 13.7. The maximum atomic E-state index is 13.7. The third-order valence-electron chi connectivity index (χ3n) is 6.88. The lowest BCUT2D eigenvalue weighted by atomic mass is 9.92. The number of nitrogens with one attached hydrogen (secondary N) is 1. The number of amides is 2. The fraction of sp³-hybridized carbons (Fsp3) is 0.500. The Hall–Kier alpha value is -3.23. The van der Waals surface area contributed by atoms with Crippen molar-refractivity contribution >= 4 is 17.8 Å². The van der Waals surface area contributed by atoms with Crippen molar-refractivity contribution < 1.29 is 23.9 Å². The van der Waals surface area contributed by atoms with E-state index in [1.807, 2.05) is 68.4 Å². The molecule has 1 fully saturated rings. The minimum atomic E-state index is -0.866. The van der Waals surface area contributed by atoms with Gasteiger partial charge in [0, 0.05) is 39.1 Å². The third kappa shape index (κ3) is 8.67. The second kappa shape index (κ2) is 14.6. The van der Waals surface area contributed by atoms with Gasteiger partial charge < -0.3 is 19.7 Å². The van der Waals surface area contributed by atoms with Crippen molar-refractivity contribution in [1.82, 2.24) is 15.1 Å². The number of benzene rings is 2. The van der Waals surface area contributed by atoms with Crippen molar-refractivity contribution in [3.8, 4) is 11.1 Å². The Bertz CT molecular complexity index is 1040. The predicted octanol–water partition coefficient (Wildman–Crippen LogP) is 3.53. The molecule has 0 saturated carbocycles. The number of ether oxygens (including phenoxy) is 2. The minimum Gasteiger partial charge on any atom is -0.469 e. The molecule has 8 nitrogen and oxygen atoms in total. The van der Waals surface area contributed by atoms with Crippen molar-refractivity contribution in [3.05, 3.63) is 60.2 Å². The number of esters is 1. The summed E-state index contributed by atoms with van der Waals surface area (Å²) in [4.78, 5) is 43.1. The summed E-state index contributed by atoms with van der Waals surface area (Å²) < 4.78 is 10.2. The Kier molecular flexibility index (Phi) is 11.3. The van der Waals surface area contributed by atoms with E-state index in [9.17, 15) is 14.4 Å². The quantitative estimate of drug-likeness (QED) is 0.429. The van der Waals surface area contributed by atoms with Crippen molar-refractivity contribution in [2.75, 3.05) is 53.6 Å². The molecule has 1 saturated heterocycles. The normalized spacial score (nSPS) is 15.5. The highest BCUT2D eigenvalue weighted by atomic mass is 16.5. The molecule has 1 aliphatic rings. The van der Waals surface area contributed by atoms with E-state index in [0.717, 1.165) is 30.8 Å². The average Bonchev–Trinajstić information content (AvgIpc) is 2.94. The van der Waals surface area contributed by atoms with Gasteiger partial charge in [0.15, 0.2) is 0 Å². The van der Waals surface area contributed by atoms with Gasteiger partial charge >= 0.3 is 5.97 Å². The van der Waals surface area contributed by atoms with E-state index in [1.165, 1.54) is 7.11 Å². The van der Waals surface area contributed by atoms with Gasteiger partial charge in [0.25, 0.3) is 0 Å². The molecule has 0 aromatic heterocycles. The highest BCUT2D eigenvalue weighted by Gasteiger charge is 2.31. The van der Waals surface area contributed by atoms with Crippen molar-refractivity contribution in [2.24, 2.45) is 11.8 Å². The Morgan fingerprint density at radius 2 is 1.63 bits per heavy atom. The van der Waals surface area contributed by atoms with Gasteiger partial charge in [-0.2, -0.15) is 0 Å². The third-order valence-corrected chi connectivity index (χ3v) is 6.88. The summed E-state index contributed by atoms with van der Waals surface area (Å²) in [6.45, 7) is 8.34. The summed E-state index contributed by atoms with van der Waals surface area (Å²) in [5.74, 6) is -1.34. The standard InChI is InChI=1S/C30H41N3O5/c1-22(2)20-26(21-27(34)37-4)29(35)31-28(30(36)32(3)14-15-33-16-18-38-19-17-33)25-12-10-24(11-13-25)23-8-6-5-7-9-23/h5-13,22,26,28H,14-21H2,1-4H3,(H,31,35)/t26-,28?/m1/s1. The fourth-order valence-electron chi connectivity index (χ4n) is 4.63. The van der Waals surface area contributed by atoms with E-state index < -0.39 is 17.9 Å². The lowest BCUT2D eigenvalue weighted by molar-refractivity contribution is -0.145. The first-order chi connectivity index (χ1) is 18.3. The number of rotatable bonds is 12. The fourth-order valence-corrected chi connectivity index (χ4v) is 4.63. The van der Waals surface area contributed by atoms with Crippen LogP contribution < -0.4 is 5.32 Å². The van der Waals surface area contributed by atoms with Gasteiger partial charge in [-0.3, -0.25) is 19.3 Å². The number of carbonyl (C=O) groups excluding carboxylic acids is 3. The zero-order chi connectivity index (χ0) is 27.5. The van der Waals surface area contributed by atoms with Crippen LogP contribution in [0, 0.1) is 11.8 Å². The van der Waals surface area contributed by atoms with E-state index in [1.54, 1.807) is 11.9 Å². The van der Waals surface area contributed by atoms with Crippen LogP contribution in [-0.4, -0.2) is 81.1 Å². The van der Waals surface area contributed by atoms with Crippen LogP contribution >= 0.6 is 0 Å². The maximum Gasteiger partial charge on any atom is 0.306 e. The van der Waals surface area contributed by atoms with Crippen molar-refractivity contribution in [2.45, 2.75) is 32.7 Å². The molecule has 0 spiro atoms. The van der Waals surface area contributed by atoms with Crippen LogP contribution in [0.5, 0.6) is 0 Å². The van der Waals surface area contributed by atoms with Crippen LogP contribution in [-0.2, 0) is 23.9 Å². The Morgan fingerprint density at radius 1 is 1.00 bits per heavy atom. The van der Waals surface area contributed by atoms with E-state index in [4.69, 9.17) is 9.47 Å².